The molecule has 1 aromatic heterocycles. The topological polar surface area (TPSA) is 8.17 Å². The van der Waals surface area contributed by atoms with E-state index in [0.717, 1.165) is 23.7 Å². The molecule has 4 bridgehead atoms. The highest BCUT2D eigenvalue weighted by Gasteiger charge is 2.61. The van der Waals surface area contributed by atoms with Crippen LogP contribution < -0.4 is 4.90 Å². The van der Waals surface area contributed by atoms with Crippen molar-refractivity contribution in [3.63, 3.8) is 0 Å². The van der Waals surface area contributed by atoms with E-state index in [1.807, 2.05) is 0 Å². The molecule has 0 unspecified atom stereocenters. The van der Waals surface area contributed by atoms with Crippen LogP contribution in [0.15, 0.2) is 146 Å². The molecular weight excluding hydrogens is 581 g/mol. The van der Waals surface area contributed by atoms with Crippen molar-refractivity contribution >= 4 is 38.9 Å². The Morgan fingerprint density at radius 3 is 1.94 bits per heavy atom. The molecule has 48 heavy (non-hydrogen) atoms. The predicted molar refractivity (Wildman–Crippen MR) is 199 cm³/mol. The molecule has 4 fully saturated rings. The molecule has 0 atom stereocenters. The minimum Gasteiger partial charge on any atom is -0.310 e. The highest BCUT2D eigenvalue weighted by Crippen LogP contribution is 2.69. The molecule has 1 spiro atoms. The van der Waals surface area contributed by atoms with E-state index in [-0.39, 0.29) is 5.41 Å². The molecule has 2 nitrogen and oxygen atoms in total. The number of para-hydroxylation sites is 3. The maximum absolute atomic E-state index is 2.62. The van der Waals surface area contributed by atoms with Crippen LogP contribution in [0.1, 0.15) is 43.2 Å². The van der Waals surface area contributed by atoms with E-state index >= 15 is 0 Å². The fourth-order valence-electron chi connectivity index (χ4n) is 11.3. The Morgan fingerprint density at radius 1 is 0.500 bits per heavy atom. The summed E-state index contributed by atoms with van der Waals surface area (Å²) in [5, 5.41) is 2.56. The van der Waals surface area contributed by atoms with Crippen molar-refractivity contribution in [3.8, 4) is 16.8 Å². The Morgan fingerprint density at radius 2 is 1.15 bits per heavy atom. The molecule has 0 amide bonds. The van der Waals surface area contributed by atoms with Gasteiger partial charge in [-0.1, -0.05) is 91.0 Å². The van der Waals surface area contributed by atoms with E-state index in [1.54, 1.807) is 11.1 Å². The van der Waals surface area contributed by atoms with E-state index in [0.29, 0.717) is 0 Å². The molecule has 5 aliphatic rings. The number of nitrogens with zero attached hydrogens (tertiary/aromatic N) is 2. The molecule has 6 aromatic carbocycles. The summed E-state index contributed by atoms with van der Waals surface area (Å²) in [4.78, 5) is 2.54. The first-order valence-electron chi connectivity index (χ1n) is 18.0. The van der Waals surface area contributed by atoms with Crippen LogP contribution in [0.2, 0.25) is 0 Å². The number of benzene rings is 6. The average molecular weight is 619 g/mol. The number of rotatable bonds is 4. The van der Waals surface area contributed by atoms with Crippen LogP contribution in [-0.2, 0) is 5.41 Å². The van der Waals surface area contributed by atoms with Crippen molar-refractivity contribution in [2.75, 3.05) is 4.90 Å². The molecule has 2 heteroatoms. The molecule has 1 heterocycles. The largest absolute Gasteiger partial charge is 0.310 e. The predicted octanol–water partition coefficient (Wildman–Crippen LogP) is 12.0. The van der Waals surface area contributed by atoms with Gasteiger partial charge >= 0.3 is 0 Å². The van der Waals surface area contributed by atoms with E-state index in [1.165, 1.54) is 87.8 Å². The van der Waals surface area contributed by atoms with Gasteiger partial charge < -0.3 is 9.47 Å². The van der Waals surface area contributed by atoms with Crippen LogP contribution in [-0.4, -0.2) is 4.57 Å². The van der Waals surface area contributed by atoms with Gasteiger partial charge in [0.1, 0.15) is 0 Å². The first kappa shape index (κ1) is 26.9. The highest BCUT2D eigenvalue weighted by molar-refractivity contribution is 6.16. The zero-order chi connectivity index (χ0) is 31.4. The fraction of sp³-hybridized carbons (Fsp3) is 0.217. The van der Waals surface area contributed by atoms with Gasteiger partial charge in [-0.3, -0.25) is 0 Å². The van der Waals surface area contributed by atoms with Gasteiger partial charge in [0, 0.05) is 33.2 Å². The van der Waals surface area contributed by atoms with Gasteiger partial charge in [-0.05, 0) is 133 Å². The second-order valence-corrected chi connectivity index (χ2v) is 15.0. The summed E-state index contributed by atoms with van der Waals surface area (Å²) in [6, 6.07) is 54.6. The van der Waals surface area contributed by atoms with Gasteiger partial charge in [0.05, 0.1) is 16.7 Å². The summed E-state index contributed by atoms with van der Waals surface area (Å²) in [5.41, 5.74) is 13.6. The van der Waals surface area contributed by atoms with Crippen LogP contribution in [0, 0.1) is 23.7 Å². The Kier molecular flexibility index (Phi) is 5.59. The fourth-order valence-corrected chi connectivity index (χ4v) is 11.3. The van der Waals surface area contributed by atoms with Gasteiger partial charge in [0.2, 0.25) is 0 Å². The normalized spacial score (nSPS) is 24.8. The Bertz CT molecular complexity index is 2340. The molecule has 12 rings (SSSR count). The van der Waals surface area contributed by atoms with Gasteiger partial charge in [0.15, 0.2) is 0 Å². The maximum atomic E-state index is 2.62. The molecule has 7 aromatic rings. The van der Waals surface area contributed by atoms with Gasteiger partial charge in [0.25, 0.3) is 0 Å². The zero-order valence-electron chi connectivity index (χ0n) is 27.1. The molecule has 4 saturated carbocycles. The second-order valence-electron chi connectivity index (χ2n) is 15.0. The summed E-state index contributed by atoms with van der Waals surface area (Å²) in [5.74, 6) is 3.34. The van der Waals surface area contributed by atoms with Crippen LogP contribution >= 0.6 is 0 Å². The first-order chi connectivity index (χ1) is 23.8. The monoisotopic (exact) mass is 618 g/mol. The third kappa shape index (κ3) is 3.53. The molecule has 232 valence electrons. The van der Waals surface area contributed by atoms with Crippen LogP contribution in [0.4, 0.5) is 17.1 Å². The van der Waals surface area contributed by atoms with Crippen molar-refractivity contribution in [1.82, 2.24) is 4.57 Å². The van der Waals surface area contributed by atoms with E-state index in [9.17, 15) is 0 Å². The molecule has 0 saturated heterocycles. The summed E-state index contributed by atoms with van der Waals surface area (Å²) >= 11 is 0. The van der Waals surface area contributed by atoms with Gasteiger partial charge in [-0.2, -0.15) is 0 Å². The summed E-state index contributed by atoms with van der Waals surface area (Å²) < 4.78 is 2.43. The van der Waals surface area contributed by atoms with Crippen molar-refractivity contribution < 1.29 is 0 Å². The number of anilines is 3. The standard InChI is InChI=1S/C46H38N2/c1-3-12-34(13-4-1)47(43-20-11-21-44-45(43)39-17-8-10-19-42(39)48(44)35-14-5-2-6-15-35)36-22-23-38-37-16-7-9-18-40(37)46(41(38)29-36)32-25-30-24-31(27-32)28-33(46)26-30/h1-23,29-33H,24-28H2. The summed E-state index contributed by atoms with van der Waals surface area (Å²) in [7, 11) is 0. The van der Waals surface area contributed by atoms with Gasteiger partial charge in [-0.25, -0.2) is 0 Å². The molecule has 0 N–H and O–H groups in total. The van der Waals surface area contributed by atoms with Gasteiger partial charge in [-0.15, -0.1) is 0 Å². The van der Waals surface area contributed by atoms with Crippen molar-refractivity contribution in [1.29, 1.82) is 0 Å². The lowest BCUT2D eigenvalue weighted by Crippen LogP contribution is -2.55. The molecule has 5 aliphatic carbocycles. The van der Waals surface area contributed by atoms with Crippen molar-refractivity contribution in [2.45, 2.75) is 37.5 Å². The number of hydrogen-bond acceptors (Lipinski definition) is 1. The van der Waals surface area contributed by atoms with Crippen molar-refractivity contribution in [2.24, 2.45) is 23.7 Å². The Hall–Kier alpha value is -5.08. The third-order valence-electron chi connectivity index (χ3n) is 12.7. The van der Waals surface area contributed by atoms with E-state index in [4.69, 9.17) is 0 Å². The number of hydrogen-bond donors (Lipinski definition) is 0. The highest BCUT2D eigenvalue weighted by atomic mass is 15.1. The third-order valence-corrected chi connectivity index (χ3v) is 12.7. The smallest absolute Gasteiger partial charge is 0.0562 e. The lowest BCUT2D eigenvalue weighted by molar-refractivity contribution is -0.0399. The van der Waals surface area contributed by atoms with Crippen LogP contribution in [0.3, 0.4) is 0 Å². The lowest BCUT2D eigenvalue weighted by atomic mass is 9.43. The van der Waals surface area contributed by atoms with Crippen molar-refractivity contribution in [3.05, 3.63) is 157 Å². The molecular formula is C46H38N2. The van der Waals surface area contributed by atoms with Crippen LogP contribution in [0.25, 0.3) is 38.6 Å². The van der Waals surface area contributed by atoms with Crippen LogP contribution in [0.5, 0.6) is 0 Å². The minimum absolute atomic E-state index is 0.132. The van der Waals surface area contributed by atoms with E-state index < -0.39 is 0 Å². The SMILES string of the molecule is c1ccc(N(c2ccc3c(c2)C2(c4ccccc4-3)C3CC4CC(C3)CC2C4)c2cccc3c2c2ccccc2n3-c2ccccc2)cc1. The Balaban J connectivity index is 1.18. The maximum Gasteiger partial charge on any atom is 0.0562 e. The zero-order valence-corrected chi connectivity index (χ0v) is 27.1. The lowest BCUT2D eigenvalue weighted by Gasteiger charge is -2.61. The molecule has 0 aliphatic heterocycles. The van der Waals surface area contributed by atoms with E-state index in [2.05, 4.69) is 155 Å². The summed E-state index contributed by atoms with van der Waals surface area (Å²) in [6.07, 6.45) is 7.05. The minimum atomic E-state index is 0.132. The quantitative estimate of drug-likeness (QED) is 0.190. The number of aromatic nitrogens is 1. The number of fused-ring (bicyclic) bond motifs is 6. The second kappa shape index (κ2) is 9.97. The molecule has 0 radical (unpaired) electrons. The Labute approximate surface area is 282 Å². The average Bonchev–Trinajstić information content (AvgIpc) is 3.62. The first-order valence-corrected chi connectivity index (χ1v) is 18.0. The summed E-state index contributed by atoms with van der Waals surface area (Å²) in [6.45, 7) is 0.